The molecule has 134 valence electrons. The molecule has 1 fully saturated rings. The van der Waals surface area contributed by atoms with Crippen molar-refractivity contribution in [2.45, 2.75) is 32.9 Å². The van der Waals surface area contributed by atoms with E-state index in [2.05, 4.69) is 25.2 Å². The van der Waals surface area contributed by atoms with Gasteiger partial charge < -0.3 is 10.2 Å². The van der Waals surface area contributed by atoms with Gasteiger partial charge in [-0.2, -0.15) is 0 Å². The number of hydrogen-bond donors (Lipinski definition) is 1. The van der Waals surface area contributed by atoms with E-state index in [1.54, 1.807) is 12.4 Å². The molecular formula is C17H23N5O2S. The molecular weight excluding hydrogens is 338 g/mol. The van der Waals surface area contributed by atoms with Crippen LogP contribution in [-0.4, -0.2) is 47.5 Å². The van der Waals surface area contributed by atoms with E-state index in [9.17, 15) is 8.42 Å². The lowest BCUT2D eigenvalue weighted by Crippen LogP contribution is -2.37. The number of nitrogens with zero attached hydrogens (tertiary/aromatic N) is 4. The molecule has 0 spiro atoms. The quantitative estimate of drug-likeness (QED) is 0.839. The fourth-order valence-corrected chi connectivity index (χ4v) is 4.84. The first-order chi connectivity index (χ1) is 12.0. The summed E-state index contributed by atoms with van der Waals surface area (Å²) in [5.74, 6) is 2.62. The van der Waals surface area contributed by atoms with Gasteiger partial charge in [-0.15, -0.1) is 0 Å². The molecule has 1 aliphatic heterocycles. The topological polar surface area (TPSA) is 88.1 Å². The zero-order chi connectivity index (χ0) is 17.9. The molecule has 0 aromatic carbocycles. The molecule has 1 N–H and O–H groups in total. The predicted octanol–water partition coefficient (Wildman–Crippen LogP) is 1.81. The third kappa shape index (κ3) is 4.45. The lowest BCUT2D eigenvalue weighted by molar-refractivity contribution is 0.599. The maximum Gasteiger partial charge on any atom is 0.152 e. The first-order valence-corrected chi connectivity index (χ1v) is 10.2. The molecule has 1 atom stereocenters. The summed E-state index contributed by atoms with van der Waals surface area (Å²) in [6.07, 6.45) is 4.17. The molecule has 25 heavy (non-hydrogen) atoms. The third-order valence-electron chi connectivity index (χ3n) is 4.33. The van der Waals surface area contributed by atoms with Crippen molar-refractivity contribution >= 4 is 21.5 Å². The Hall–Kier alpha value is -2.22. The molecule has 1 aliphatic rings. The standard InChI is InChI=1S/C17H23N5O2S/c1-3-22(15-6-9-25(23,24)12-15)17-10-16(20-13(2)21-17)19-11-14-4-7-18-8-5-14/h4-5,7-8,10,15H,3,6,9,11-12H2,1-2H3,(H,19,20,21). The van der Waals surface area contributed by atoms with Gasteiger partial charge in [-0.1, -0.05) is 0 Å². The van der Waals surface area contributed by atoms with Crippen molar-refractivity contribution in [3.8, 4) is 0 Å². The Morgan fingerprint density at radius 3 is 2.68 bits per heavy atom. The highest BCUT2D eigenvalue weighted by atomic mass is 32.2. The van der Waals surface area contributed by atoms with Gasteiger partial charge in [-0.05, 0) is 38.0 Å². The molecule has 2 aromatic heterocycles. The summed E-state index contributed by atoms with van der Waals surface area (Å²) < 4.78 is 23.6. The highest BCUT2D eigenvalue weighted by Crippen LogP contribution is 2.24. The monoisotopic (exact) mass is 361 g/mol. The maximum atomic E-state index is 11.8. The van der Waals surface area contributed by atoms with Crippen LogP contribution in [0.15, 0.2) is 30.6 Å². The van der Waals surface area contributed by atoms with Crippen molar-refractivity contribution in [1.29, 1.82) is 0 Å². The summed E-state index contributed by atoms with van der Waals surface area (Å²) in [5, 5.41) is 3.30. The Labute approximate surface area is 148 Å². The number of sulfone groups is 1. The van der Waals surface area contributed by atoms with Crippen LogP contribution >= 0.6 is 0 Å². The van der Waals surface area contributed by atoms with Gasteiger partial charge in [0.2, 0.25) is 0 Å². The molecule has 0 radical (unpaired) electrons. The van der Waals surface area contributed by atoms with Crippen molar-refractivity contribution < 1.29 is 8.42 Å². The van der Waals surface area contributed by atoms with Crippen molar-refractivity contribution in [3.63, 3.8) is 0 Å². The molecule has 3 heterocycles. The van der Waals surface area contributed by atoms with E-state index in [1.807, 2.05) is 32.0 Å². The molecule has 2 aromatic rings. The second-order valence-electron chi connectivity index (χ2n) is 6.21. The van der Waals surface area contributed by atoms with Crippen LogP contribution in [0.5, 0.6) is 0 Å². The van der Waals surface area contributed by atoms with E-state index >= 15 is 0 Å². The molecule has 7 nitrogen and oxygen atoms in total. The van der Waals surface area contributed by atoms with E-state index in [0.29, 0.717) is 25.3 Å². The molecule has 0 amide bonds. The molecule has 3 rings (SSSR count). The van der Waals surface area contributed by atoms with Crippen molar-refractivity contribution in [1.82, 2.24) is 15.0 Å². The van der Waals surface area contributed by atoms with Crippen LogP contribution in [0, 0.1) is 6.92 Å². The Morgan fingerprint density at radius 2 is 2.04 bits per heavy atom. The number of rotatable bonds is 6. The van der Waals surface area contributed by atoms with Gasteiger partial charge in [0.05, 0.1) is 11.5 Å². The van der Waals surface area contributed by atoms with Gasteiger partial charge in [0, 0.05) is 37.6 Å². The van der Waals surface area contributed by atoms with E-state index in [0.717, 1.165) is 17.2 Å². The zero-order valence-corrected chi connectivity index (χ0v) is 15.3. The first kappa shape index (κ1) is 17.6. The smallest absolute Gasteiger partial charge is 0.152 e. The number of nitrogens with one attached hydrogen (secondary N) is 1. The minimum absolute atomic E-state index is 0.0163. The van der Waals surface area contributed by atoms with E-state index in [1.165, 1.54) is 0 Å². The predicted molar refractivity (Wildman–Crippen MR) is 98.4 cm³/mol. The zero-order valence-electron chi connectivity index (χ0n) is 14.5. The van der Waals surface area contributed by atoms with Crippen molar-refractivity contribution in [3.05, 3.63) is 42.0 Å². The lowest BCUT2D eigenvalue weighted by atomic mass is 10.2. The highest BCUT2D eigenvalue weighted by Gasteiger charge is 2.32. The van der Waals surface area contributed by atoms with Gasteiger partial charge >= 0.3 is 0 Å². The number of aromatic nitrogens is 3. The van der Waals surface area contributed by atoms with Crippen LogP contribution in [0.4, 0.5) is 11.6 Å². The summed E-state index contributed by atoms with van der Waals surface area (Å²) in [6.45, 7) is 5.22. The van der Waals surface area contributed by atoms with Crippen LogP contribution < -0.4 is 10.2 Å². The van der Waals surface area contributed by atoms with Gasteiger partial charge in [-0.3, -0.25) is 4.98 Å². The van der Waals surface area contributed by atoms with E-state index in [-0.39, 0.29) is 17.5 Å². The summed E-state index contributed by atoms with van der Waals surface area (Å²) in [6, 6.07) is 5.77. The van der Waals surface area contributed by atoms with Crippen LogP contribution in [0.2, 0.25) is 0 Å². The molecule has 8 heteroatoms. The molecule has 0 saturated carbocycles. The third-order valence-corrected chi connectivity index (χ3v) is 6.08. The first-order valence-electron chi connectivity index (χ1n) is 8.42. The van der Waals surface area contributed by atoms with Gasteiger partial charge in [0.1, 0.15) is 17.5 Å². The summed E-state index contributed by atoms with van der Waals surface area (Å²) >= 11 is 0. The largest absolute Gasteiger partial charge is 0.366 e. The van der Waals surface area contributed by atoms with Crippen LogP contribution in [0.25, 0.3) is 0 Å². The minimum Gasteiger partial charge on any atom is -0.366 e. The second-order valence-corrected chi connectivity index (χ2v) is 8.44. The second kappa shape index (κ2) is 7.35. The van der Waals surface area contributed by atoms with E-state index in [4.69, 9.17) is 0 Å². The summed E-state index contributed by atoms with van der Waals surface area (Å²) in [4.78, 5) is 15.0. The Kier molecular flexibility index (Phi) is 5.17. The van der Waals surface area contributed by atoms with Crippen LogP contribution in [-0.2, 0) is 16.4 Å². The normalized spacial score (nSPS) is 18.9. The highest BCUT2D eigenvalue weighted by molar-refractivity contribution is 7.91. The molecule has 0 aliphatic carbocycles. The van der Waals surface area contributed by atoms with Crippen LogP contribution in [0.3, 0.4) is 0 Å². The molecule has 1 saturated heterocycles. The number of pyridine rings is 1. The average Bonchev–Trinajstić information content (AvgIpc) is 2.94. The Balaban J connectivity index is 1.78. The molecule has 1 unspecified atom stereocenters. The van der Waals surface area contributed by atoms with Gasteiger partial charge in [0.15, 0.2) is 9.84 Å². The Bertz CT molecular complexity index is 826. The lowest BCUT2D eigenvalue weighted by Gasteiger charge is -2.28. The van der Waals surface area contributed by atoms with Crippen LogP contribution in [0.1, 0.15) is 24.7 Å². The average molecular weight is 361 g/mol. The summed E-state index contributed by atoms with van der Waals surface area (Å²) in [7, 11) is -2.93. The SMILES string of the molecule is CCN(c1cc(NCc2ccncc2)nc(C)n1)C1CCS(=O)(=O)C1. The Morgan fingerprint density at radius 1 is 1.28 bits per heavy atom. The number of anilines is 2. The van der Waals surface area contributed by atoms with Gasteiger partial charge in [0.25, 0.3) is 0 Å². The fraction of sp³-hybridized carbons (Fsp3) is 0.471. The maximum absolute atomic E-state index is 11.8. The van der Waals surface area contributed by atoms with Gasteiger partial charge in [-0.25, -0.2) is 18.4 Å². The number of hydrogen-bond acceptors (Lipinski definition) is 7. The number of aryl methyl sites for hydroxylation is 1. The van der Waals surface area contributed by atoms with Crippen molar-refractivity contribution in [2.24, 2.45) is 0 Å². The van der Waals surface area contributed by atoms with E-state index < -0.39 is 9.84 Å². The van der Waals surface area contributed by atoms with Crippen molar-refractivity contribution in [2.75, 3.05) is 28.3 Å². The molecule has 0 bridgehead atoms. The fourth-order valence-electron chi connectivity index (χ4n) is 3.11. The minimum atomic E-state index is -2.93. The summed E-state index contributed by atoms with van der Waals surface area (Å²) in [5.41, 5.74) is 1.11.